The van der Waals surface area contributed by atoms with Crippen LogP contribution in [0.15, 0.2) is 39.6 Å². The molecule has 0 aliphatic carbocycles. The van der Waals surface area contributed by atoms with Gasteiger partial charge in [-0.2, -0.15) is 0 Å². The van der Waals surface area contributed by atoms with Crippen molar-refractivity contribution in [1.29, 1.82) is 0 Å². The van der Waals surface area contributed by atoms with Crippen LogP contribution in [0.4, 0.5) is 0 Å². The van der Waals surface area contributed by atoms with Gasteiger partial charge in [0.05, 0.1) is 17.2 Å². The van der Waals surface area contributed by atoms with Gasteiger partial charge in [-0.15, -0.1) is 11.3 Å². The normalized spacial score (nSPS) is 12.9. The molecule has 2 heterocycles. The van der Waals surface area contributed by atoms with E-state index < -0.39 is 0 Å². The minimum atomic E-state index is 0.175. The molecule has 3 aromatic rings. The molecule has 0 saturated carbocycles. The number of furan rings is 1. The highest BCUT2D eigenvalue weighted by atomic mass is 32.1. The molecule has 0 aliphatic heterocycles. The quantitative estimate of drug-likeness (QED) is 0.778. The summed E-state index contributed by atoms with van der Waals surface area (Å²) in [5, 5.41) is 6.71. The fraction of sp³-hybridized carbons (Fsp3) is 0.267. The summed E-state index contributed by atoms with van der Waals surface area (Å²) >= 11 is 1.62. The van der Waals surface area contributed by atoms with Gasteiger partial charge in [-0.3, -0.25) is 0 Å². The maximum Gasteiger partial charge on any atom is 0.134 e. The number of benzene rings is 1. The van der Waals surface area contributed by atoms with Crippen LogP contribution >= 0.6 is 11.3 Å². The minimum Gasteiger partial charge on any atom is -0.459 e. The molecule has 1 N–H and O–H groups in total. The molecule has 4 heteroatoms. The van der Waals surface area contributed by atoms with Crippen molar-refractivity contribution in [3.8, 4) is 0 Å². The van der Waals surface area contributed by atoms with E-state index in [-0.39, 0.29) is 6.04 Å². The highest BCUT2D eigenvalue weighted by molar-refractivity contribution is 7.07. The van der Waals surface area contributed by atoms with Crippen LogP contribution in [0.2, 0.25) is 0 Å². The number of fused-ring (bicyclic) bond motifs is 1. The predicted molar refractivity (Wildman–Crippen MR) is 78.3 cm³/mol. The van der Waals surface area contributed by atoms with E-state index in [1.54, 1.807) is 11.3 Å². The zero-order valence-electron chi connectivity index (χ0n) is 11.0. The molecule has 98 valence electrons. The number of thiazole rings is 1. The average Bonchev–Trinajstić information content (AvgIpc) is 3.05. The SMILES string of the molecule is Cc1c(C(C)NCc2cscn2)oc2ccccc12. The predicted octanol–water partition coefficient (Wildman–Crippen LogP) is 4.05. The van der Waals surface area contributed by atoms with E-state index in [9.17, 15) is 0 Å². The highest BCUT2D eigenvalue weighted by Gasteiger charge is 2.15. The molecular weight excluding hydrogens is 256 g/mol. The molecule has 0 amide bonds. The van der Waals surface area contributed by atoms with Crippen LogP contribution in [0.1, 0.15) is 30.0 Å². The van der Waals surface area contributed by atoms with Crippen LogP contribution in [0.5, 0.6) is 0 Å². The highest BCUT2D eigenvalue weighted by Crippen LogP contribution is 2.29. The number of aryl methyl sites for hydroxylation is 1. The van der Waals surface area contributed by atoms with E-state index in [1.165, 1.54) is 10.9 Å². The molecular formula is C15H16N2OS. The Morgan fingerprint density at radius 2 is 2.21 bits per heavy atom. The van der Waals surface area contributed by atoms with Crippen LogP contribution in [0, 0.1) is 6.92 Å². The molecule has 0 fully saturated rings. The molecule has 0 spiro atoms. The Morgan fingerprint density at radius 1 is 1.37 bits per heavy atom. The average molecular weight is 272 g/mol. The molecule has 0 aliphatic rings. The van der Waals surface area contributed by atoms with Crippen molar-refractivity contribution < 1.29 is 4.42 Å². The Bertz CT molecular complexity index is 673. The fourth-order valence-corrected chi connectivity index (χ4v) is 2.84. The van der Waals surface area contributed by atoms with E-state index in [1.807, 2.05) is 23.7 Å². The second kappa shape index (κ2) is 5.15. The van der Waals surface area contributed by atoms with E-state index in [0.717, 1.165) is 23.6 Å². The van der Waals surface area contributed by atoms with Gasteiger partial charge in [0.25, 0.3) is 0 Å². The first-order valence-electron chi connectivity index (χ1n) is 6.34. The standard InChI is InChI=1S/C15H16N2OS/c1-10-13-5-3-4-6-14(13)18-15(10)11(2)16-7-12-8-19-9-17-12/h3-6,8-9,11,16H,7H2,1-2H3. The third kappa shape index (κ3) is 2.41. The van der Waals surface area contributed by atoms with Crippen molar-refractivity contribution in [3.05, 3.63) is 52.2 Å². The molecule has 0 bridgehead atoms. The number of nitrogens with one attached hydrogen (secondary N) is 1. The number of hydrogen-bond acceptors (Lipinski definition) is 4. The summed E-state index contributed by atoms with van der Waals surface area (Å²) in [4.78, 5) is 4.27. The lowest BCUT2D eigenvalue weighted by molar-refractivity contribution is 0.446. The van der Waals surface area contributed by atoms with Gasteiger partial charge in [0.15, 0.2) is 0 Å². The van der Waals surface area contributed by atoms with E-state index in [4.69, 9.17) is 4.42 Å². The van der Waals surface area contributed by atoms with Crippen LogP contribution in [0.25, 0.3) is 11.0 Å². The maximum absolute atomic E-state index is 5.95. The Morgan fingerprint density at radius 3 is 2.95 bits per heavy atom. The van der Waals surface area contributed by atoms with Gasteiger partial charge in [-0.1, -0.05) is 18.2 Å². The monoisotopic (exact) mass is 272 g/mol. The number of nitrogens with zero attached hydrogens (tertiary/aromatic N) is 1. The summed E-state index contributed by atoms with van der Waals surface area (Å²) in [7, 11) is 0. The second-order valence-electron chi connectivity index (χ2n) is 4.67. The lowest BCUT2D eigenvalue weighted by Gasteiger charge is -2.11. The van der Waals surface area contributed by atoms with Crippen molar-refractivity contribution in [2.45, 2.75) is 26.4 Å². The third-order valence-corrected chi connectivity index (χ3v) is 3.98. The molecule has 0 radical (unpaired) electrons. The first kappa shape index (κ1) is 12.4. The second-order valence-corrected chi connectivity index (χ2v) is 5.39. The van der Waals surface area contributed by atoms with Crippen molar-refractivity contribution in [1.82, 2.24) is 10.3 Å². The van der Waals surface area contributed by atoms with Gasteiger partial charge in [-0.25, -0.2) is 4.98 Å². The van der Waals surface area contributed by atoms with Gasteiger partial charge < -0.3 is 9.73 Å². The number of aromatic nitrogens is 1. The van der Waals surface area contributed by atoms with Crippen LogP contribution in [0.3, 0.4) is 0 Å². The molecule has 3 nitrogen and oxygen atoms in total. The van der Waals surface area contributed by atoms with Crippen molar-refractivity contribution in [2.75, 3.05) is 0 Å². The van der Waals surface area contributed by atoms with Crippen LogP contribution in [-0.4, -0.2) is 4.98 Å². The zero-order valence-corrected chi connectivity index (χ0v) is 11.8. The molecule has 0 saturated heterocycles. The molecule has 1 unspecified atom stereocenters. The topological polar surface area (TPSA) is 38.1 Å². The summed E-state index contributed by atoms with van der Waals surface area (Å²) in [5.41, 5.74) is 5.10. The molecule has 1 atom stereocenters. The van der Waals surface area contributed by atoms with Gasteiger partial charge in [0.2, 0.25) is 0 Å². The van der Waals surface area contributed by atoms with Crippen molar-refractivity contribution in [3.63, 3.8) is 0 Å². The Balaban J connectivity index is 1.81. The number of rotatable bonds is 4. The largest absolute Gasteiger partial charge is 0.459 e. The maximum atomic E-state index is 5.95. The lowest BCUT2D eigenvalue weighted by Crippen LogP contribution is -2.18. The minimum absolute atomic E-state index is 0.175. The Kier molecular flexibility index (Phi) is 3.36. The number of hydrogen-bond donors (Lipinski definition) is 1. The van der Waals surface area contributed by atoms with Crippen LogP contribution in [-0.2, 0) is 6.54 Å². The van der Waals surface area contributed by atoms with Crippen LogP contribution < -0.4 is 5.32 Å². The van der Waals surface area contributed by atoms with Gasteiger partial charge in [0, 0.05) is 17.3 Å². The molecule has 1 aromatic carbocycles. The summed E-state index contributed by atoms with van der Waals surface area (Å²) in [6.07, 6.45) is 0. The Labute approximate surface area is 116 Å². The van der Waals surface area contributed by atoms with E-state index in [2.05, 4.69) is 35.6 Å². The smallest absolute Gasteiger partial charge is 0.134 e. The molecule has 2 aromatic heterocycles. The third-order valence-electron chi connectivity index (χ3n) is 3.35. The van der Waals surface area contributed by atoms with Gasteiger partial charge in [-0.05, 0) is 25.5 Å². The first-order valence-corrected chi connectivity index (χ1v) is 7.28. The van der Waals surface area contributed by atoms with Crippen molar-refractivity contribution >= 4 is 22.3 Å². The summed E-state index contributed by atoms with van der Waals surface area (Å²) in [6, 6.07) is 8.34. The van der Waals surface area contributed by atoms with E-state index >= 15 is 0 Å². The molecule has 3 rings (SSSR count). The summed E-state index contributed by atoms with van der Waals surface area (Å²) in [5.74, 6) is 1.01. The summed E-state index contributed by atoms with van der Waals surface area (Å²) < 4.78 is 5.95. The fourth-order valence-electron chi connectivity index (χ4n) is 2.28. The summed E-state index contributed by atoms with van der Waals surface area (Å²) in [6.45, 7) is 5.00. The van der Waals surface area contributed by atoms with Gasteiger partial charge >= 0.3 is 0 Å². The van der Waals surface area contributed by atoms with Gasteiger partial charge in [0.1, 0.15) is 11.3 Å². The Hall–Kier alpha value is -1.65. The zero-order chi connectivity index (χ0) is 13.2. The lowest BCUT2D eigenvalue weighted by atomic mass is 10.1. The van der Waals surface area contributed by atoms with Crippen molar-refractivity contribution in [2.24, 2.45) is 0 Å². The molecule has 19 heavy (non-hydrogen) atoms. The number of para-hydroxylation sites is 1. The first-order chi connectivity index (χ1) is 9.25. The van der Waals surface area contributed by atoms with E-state index in [0.29, 0.717) is 0 Å².